The second-order valence-electron chi connectivity index (χ2n) is 4.65. The summed E-state index contributed by atoms with van der Waals surface area (Å²) in [5, 5.41) is 15.6. The molecule has 2 atom stereocenters. The molecular weight excluding hydrogens is 250 g/mol. The lowest BCUT2D eigenvalue weighted by atomic mass is 10.0. The van der Waals surface area contributed by atoms with Crippen LogP contribution in [0.1, 0.15) is 33.6 Å². The molecule has 0 aromatic heterocycles. The molecule has 7 heteroatoms. The number of urea groups is 1. The van der Waals surface area contributed by atoms with E-state index in [-0.39, 0.29) is 12.6 Å². The van der Waals surface area contributed by atoms with Crippen LogP contribution >= 0.6 is 0 Å². The maximum atomic E-state index is 11.4. The lowest BCUT2D eigenvalue weighted by Gasteiger charge is -2.17. The smallest absolute Gasteiger partial charge is 0.322 e. The molecule has 7 nitrogen and oxygen atoms in total. The summed E-state index contributed by atoms with van der Waals surface area (Å²) in [6, 6.07) is -0.404. The van der Waals surface area contributed by atoms with Gasteiger partial charge in [0.15, 0.2) is 0 Å². The number of carbonyl (C=O) groups excluding carboxylic acids is 2. The molecule has 0 aliphatic heterocycles. The van der Waals surface area contributed by atoms with Gasteiger partial charge in [0.25, 0.3) is 0 Å². The summed E-state index contributed by atoms with van der Waals surface area (Å²) in [5.74, 6) is -1.14. The minimum atomic E-state index is -1.13. The summed E-state index contributed by atoms with van der Waals surface area (Å²) >= 11 is 0. The predicted molar refractivity (Wildman–Crippen MR) is 70.7 cm³/mol. The molecule has 0 saturated carbocycles. The van der Waals surface area contributed by atoms with Gasteiger partial charge in [0, 0.05) is 6.04 Å². The van der Waals surface area contributed by atoms with Crippen LogP contribution in [0.5, 0.6) is 0 Å². The van der Waals surface area contributed by atoms with E-state index in [0.717, 1.165) is 12.8 Å². The molecule has 0 saturated heterocycles. The molecule has 0 aromatic carbocycles. The molecule has 0 aliphatic rings. The number of carbonyl (C=O) groups is 3. The van der Waals surface area contributed by atoms with Gasteiger partial charge in [-0.3, -0.25) is 9.59 Å². The summed E-state index contributed by atoms with van der Waals surface area (Å²) in [6.45, 7) is 5.40. The standard InChI is InChI=1S/C12H23N3O4/c1-4-8(2)5-9(3)15-12(19)14-6-10(16)13-7-11(17)18/h8-9H,4-7H2,1-3H3,(H,13,16)(H,17,18)(H2,14,15,19). The van der Waals surface area contributed by atoms with Crippen molar-refractivity contribution in [3.05, 3.63) is 0 Å². The van der Waals surface area contributed by atoms with Crippen molar-refractivity contribution >= 4 is 17.9 Å². The fourth-order valence-corrected chi connectivity index (χ4v) is 1.50. The van der Waals surface area contributed by atoms with E-state index in [2.05, 4.69) is 29.8 Å². The van der Waals surface area contributed by atoms with Crippen LogP contribution in [0.2, 0.25) is 0 Å². The molecule has 3 amide bonds. The van der Waals surface area contributed by atoms with Crippen LogP contribution in [0, 0.1) is 5.92 Å². The molecule has 4 N–H and O–H groups in total. The number of hydrogen-bond donors (Lipinski definition) is 4. The average Bonchev–Trinajstić information content (AvgIpc) is 2.33. The van der Waals surface area contributed by atoms with Crippen LogP contribution in [0.25, 0.3) is 0 Å². The Bertz CT molecular complexity index is 320. The van der Waals surface area contributed by atoms with E-state index < -0.39 is 24.5 Å². The van der Waals surface area contributed by atoms with Crippen molar-refractivity contribution in [2.45, 2.75) is 39.7 Å². The zero-order valence-electron chi connectivity index (χ0n) is 11.7. The zero-order valence-corrected chi connectivity index (χ0v) is 11.7. The molecule has 19 heavy (non-hydrogen) atoms. The molecule has 0 bridgehead atoms. The summed E-state index contributed by atoms with van der Waals surface area (Å²) in [4.78, 5) is 32.8. The van der Waals surface area contributed by atoms with Crippen LogP contribution in [-0.4, -0.2) is 42.1 Å². The van der Waals surface area contributed by atoms with Gasteiger partial charge >= 0.3 is 12.0 Å². The van der Waals surface area contributed by atoms with Crippen molar-refractivity contribution in [2.24, 2.45) is 5.92 Å². The third-order valence-electron chi connectivity index (χ3n) is 2.68. The molecule has 110 valence electrons. The zero-order chi connectivity index (χ0) is 14.8. The van der Waals surface area contributed by atoms with E-state index in [4.69, 9.17) is 5.11 Å². The molecule has 2 unspecified atom stereocenters. The SMILES string of the molecule is CCC(C)CC(C)NC(=O)NCC(=O)NCC(=O)O. The van der Waals surface area contributed by atoms with Gasteiger partial charge in [0.2, 0.25) is 5.91 Å². The van der Waals surface area contributed by atoms with Crippen LogP contribution in [0.15, 0.2) is 0 Å². The highest BCUT2D eigenvalue weighted by Crippen LogP contribution is 2.08. The van der Waals surface area contributed by atoms with Crippen molar-refractivity contribution in [3.63, 3.8) is 0 Å². The number of aliphatic carboxylic acids is 1. The topological polar surface area (TPSA) is 108 Å². The Kier molecular flexibility index (Phi) is 8.32. The molecule has 0 fully saturated rings. The van der Waals surface area contributed by atoms with Crippen LogP contribution in [-0.2, 0) is 9.59 Å². The van der Waals surface area contributed by atoms with Gasteiger partial charge in [-0.2, -0.15) is 0 Å². The fourth-order valence-electron chi connectivity index (χ4n) is 1.50. The number of nitrogens with one attached hydrogen (secondary N) is 3. The predicted octanol–water partition coefficient (Wildman–Crippen LogP) is 0.311. The Labute approximate surface area is 113 Å². The van der Waals surface area contributed by atoms with Crippen molar-refractivity contribution in [1.82, 2.24) is 16.0 Å². The maximum Gasteiger partial charge on any atom is 0.322 e. The maximum absolute atomic E-state index is 11.4. The van der Waals surface area contributed by atoms with E-state index in [1.54, 1.807) is 0 Å². The molecule has 0 spiro atoms. The molecule has 0 aliphatic carbocycles. The van der Waals surface area contributed by atoms with Gasteiger partial charge < -0.3 is 21.1 Å². The third-order valence-corrected chi connectivity index (χ3v) is 2.68. The van der Waals surface area contributed by atoms with Gasteiger partial charge in [0.05, 0.1) is 6.54 Å². The largest absolute Gasteiger partial charge is 0.480 e. The van der Waals surface area contributed by atoms with Crippen LogP contribution in [0.3, 0.4) is 0 Å². The highest BCUT2D eigenvalue weighted by Gasteiger charge is 2.11. The van der Waals surface area contributed by atoms with Gasteiger partial charge in [-0.1, -0.05) is 20.3 Å². The number of amides is 3. The Balaban J connectivity index is 3.80. The number of rotatable bonds is 8. The molecule has 0 aromatic rings. The summed E-state index contributed by atoms with van der Waals surface area (Å²) in [6.07, 6.45) is 1.92. The summed E-state index contributed by atoms with van der Waals surface area (Å²) in [7, 11) is 0. The fraction of sp³-hybridized carbons (Fsp3) is 0.750. The Morgan fingerprint density at radius 1 is 1.11 bits per heavy atom. The lowest BCUT2D eigenvalue weighted by molar-refractivity contribution is -0.137. The number of carboxylic acids is 1. The summed E-state index contributed by atoms with van der Waals surface area (Å²) in [5.41, 5.74) is 0. The van der Waals surface area contributed by atoms with E-state index >= 15 is 0 Å². The lowest BCUT2D eigenvalue weighted by Crippen LogP contribution is -2.45. The summed E-state index contributed by atoms with van der Waals surface area (Å²) < 4.78 is 0. The van der Waals surface area contributed by atoms with Crippen molar-refractivity contribution in [1.29, 1.82) is 0 Å². The molecule has 0 heterocycles. The number of hydrogen-bond acceptors (Lipinski definition) is 3. The van der Waals surface area contributed by atoms with E-state index in [1.807, 2.05) is 6.92 Å². The first-order valence-corrected chi connectivity index (χ1v) is 6.38. The van der Waals surface area contributed by atoms with Gasteiger partial charge in [-0.05, 0) is 19.3 Å². The normalized spacial score (nSPS) is 13.2. The minimum absolute atomic E-state index is 0.0250. The quantitative estimate of drug-likeness (QED) is 0.510. The molecule has 0 rings (SSSR count). The van der Waals surface area contributed by atoms with Crippen LogP contribution in [0.4, 0.5) is 4.79 Å². The van der Waals surface area contributed by atoms with Crippen molar-refractivity contribution < 1.29 is 19.5 Å². The first-order valence-electron chi connectivity index (χ1n) is 6.38. The van der Waals surface area contributed by atoms with Gasteiger partial charge in [0.1, 0.15) is 6.54 Å². The molecule has 0 radical (unpaired) electrons. The van der Waals surface area contributed by atoms with Crippen molar-refractivity contribution in [3.8, 4) is 0 Å². The highest BCUT2D eigenvalue weighted by atomic mass is 16.4. The van der Waals surface area contributed by atoms with Gasteiger partial charge in [-0.15, -0.1) is 0 Å². The van der Waals surface area contributed by atoms with E-state index in [9.17, 15) is 14.4 Å². The number of carboxylic acid groups (broad SMARTS) is 1. The Morgan fingerprint density at radius 3 is 2.26 bits per heavy atom. The van der Waals surface area contributed by atoms with E-state index in [0.29, 0.717) is 5.92 Å². The highest BCUT2D eigenvalue weighted by molar-refractivity contribution is 5.86. The second-order valence-corrected chi connectivity index (χ2v) is 4.65. The Hall–Kier alpha value is -1.79. The Morgan fingerprint density at radius 2 is 1.74 bits per heavy atom. The second kappa shape index (κ2) is 9.18. The monoisotopic (exact) mass is 273 g/mol. The first-order chi connectivity index (χ1) is 8.85. The third kappa shape index (κ3) is 9.87. The average molecular weight is 273 g/mol. The van der Waals surface area contributed by atoms with E-state index in [1.165, 1.54) is 0 Å². The first kappa shape index (κ1) is 17.2. The van der Waals surface area contributed by atoms with Crippen LogP contribution < -0.4 is 16.0 Å². The van der Waals surface area contributed by atoms with Crippen molar-refractivity contribution in [2.75, 3.05) is 13.1 Å². The van der Waals surface area contributed by atoms with Gasteiger partial charge in [-0.25, -0.2) is 4.79 Å². The minimum Gasteiger partial charge on any atom is -0.480 e. The molecular formula is C12H23N3O4.